The van der Waals surface area contributed by atoms with Gasteiger partial charge < -0.3 is 15.0 Å². The van der Waals surface area contributed by atoms with Crippen LogP contribution in [0, 0.1) is 0 Å². The lowest BCUT2D eigenvalue weighted by Crippen LogP contribution is -2.38. The Morgan fingerprint density at radius 1 is 1.24 bits per heavy atom. The first-order valence-corrected chi connectivity index (χ1v) is 11.8. The standard InChI is InChI=1S/C22H25N5O5S/c1-3-31-19(28)10-13(2)23-20(29)18-12-33-21(24-18)14-6-8-27(9-7-14)22(30)15-4-5-16-17(11-15)26-32-25-16/h4-5,11-14H,3,6-10H2,1-2H3,(H,23,29). The number of ether oxygens (including phenoxy) is 1. The molecule has 1 fully saturated rings. The van der Waals surface area contributed by atoms with Gasteiger partial charge in [-0.15, -0.1) is 11.3 Å². The Labute approximate surface area is 194 Å². The van der Waals surface area contributed by atoms with Crippen molar-refractivity contribution in [2.45, 2.75) is 45.1 Å². The summed E-state index contributed by atoms with van der Waals surface area (Å²) in [6.45, 7) is 5.03. The number of amides is 2. The number of nitrogens with one attached hydrogen (secondary N) is 1. The molecule has 1 unspecified atom stereocenters. The topological polar surface area (TPSA) is 128 Å². The molecule has 1 aliphatic rings. The van der Waals surface area contributed by atoms with Crippen LogP contribution < -0.4 is 5.32 Å². The molecule has 0 spiro atoms. The lowest BCUT2D eigenvalue weighted by Gasteiger charge is -2.31. The number of rotatable bonds is 7. The van der Waals surface area contributed by atoms with Crippen LogP contribution in [-0.4, -0.2) is 63.7 Å². The number of fused-ring (bicyclic) bond motifs is 1. The Morgan fingerprint density at radius 3 is 2.76 bits per heavy atom. The van der Waals surface area contributed by atoms with E-state index < -0.39 is 0 Å². The molecule has 1 N–H and O–H groups in total. The Hall–Kier alpha value is -3.34. The number of esters is 1. The van der Waals surface area contributed by atoms with E-state index in [2.05, 4.69) is 20.6 Å². The monoisotopic (exact) mass is 471 g/mol. The maximum Gasteiger partial charge on any atom is 0.307 e. The number of nitrogens with zero attached hydrogens (tertiary/aromatic N) is 4. The number of likely N-dealkylation sites (tertiary alicyclic amines) is 1. The Bertz CT molecular complexity index is 1150. The SMILES string of the molecule is CCOC(=O)CC(C)NC(=O)c1csc(C2CCN(C(=O)c3ccc4nonc4c3)CC2)n1. The number of piperidine rings is 1. The van der Waals surface area contributed by atoms with Gasteiger partial charge in [0, 0.05) is 36.0 Å². The zero-order valence-electron chi connectivity index (χ0n) is 18.4. The number of aromatic nitrogens is 3. The van der Waals surface area contributed by atoms with Crippen molar-refractivity contribution in [3.63, 3.8) is 0 Å². The van der Waals surface area contributed by atoms with E-state index in [9.17, 15) is 14.4 Å². The predicted octanol–water partition coefficient (Wildman–Crippen LogP) is 2.77. The average molecular weight is 472 g/mol. The van der Waals surface area contributed by atoms with E-state index in [-0.39, 0.29) is 36.2 Å². The number of benzene rings is 1. The molecule has 0 aliphatic carbocycles. The number of hydrogen-bond acceptors (Lipinski definition) is 9. The van der Waals surface area contributed by atoms with Crippen molar-refractivity contribution in [3.8, 4) is 0 Å². The summed E-state index contributed by atoms with van der Waals surface area (Å²) in [5.41, 5.74) is 2.07. The van der Waals surface area contributed by atoms with Crippen LogP contribution in [-0.2, 0) is 9.53 Å². The van der Waals surface area contributed by atoms with Gasteiger partial charge in [0.25, 0.3) is 11.8 Å². The maximum atomic E-state index is 12.9. The first-order valence-electron chi connectivity index (χ1n) is 10.9. The van der Waals surface area contributed by atoms with Crippen LogP contribution in [0.3, 0.4) is 0 Å². The largest absolute Gasteiger partial charge is 0.466 e. The fourth-order valence-electron chi connectivity index (χ4n) is 3.83. The first-order chi connectivity index (χ1) is 15.9. The highest BCUT2D eigenvalue weighted by atomic mass is 32.1. The second-order valence-electron chi connectivity index (χ2n) is 7.99. The molecule has 0 saturated carbocycles. The molecule has 1 saturated heterocycles. The highest BCUT2D eigenvalue weighted by molar-refractivity contribution is 7.09. The van der Waals surface area contributed by atoms with E-state index in [1.165, 1.54) is 11.3 Å². The van der Waals surface area contributed by atoms with Crippen molar-refractivity contribution in [1.82, 2.24) is 25.5 Å². The minimum absolute atomic E-state index is 0.0480. The lowest BCUT2D eigenvalue weighted by atomic mass is 9.97. The summed E-state index contributed by atoms with van der Waals surface area (Å²) in [5.74, 6) is -0.504. The Morgan fingerprint density at radius 2 is 2.00 bits per heavy atom. The summed E-state index contributed by atoms with van der Waals surface area (Å²) in [4.78, 5) is 43.3. The van der Waals surface area contributed by atoms with Gasteiger partial charge in [0.2, 0.25) is 0 Å². The third-order valence-corrected chi connectivity index (χ3v) is 6.55. The minimum atomic E-state index is -0.344. The average Bonchev–Trinajstić information content (AvgIpc) is 3.48. The van der Waals surface area contributed by atoms with Gasteiger partial charge in [0.1, 0.15) is 16.7 Å². The zero-order chi connectivity index (χ0) is 23.4. The third kappa shape index (κ3) is 5.36. The summed E-state index contributed by atoms with van der Waals surface area (Å²) in [6.07, 6.45) is 1.66. The molecule has 1 aliphatic heterocycles. The Kier molecular flexibility index (Phi) is 6.97. The lowest BCUT2D eigenvalue weighted by molar-refractivity contribution is -0.143. The summed E-state index contributed by atoms with van der Waals surface area (Å²) in [5, 5.41) is 13.0. The van der Waals surface area contributed by atoms with Crippen molar-refractivity contribution < 1.29 is 23.7 Å². The van der Waals surface area contributed by atoms with E-state index in [0.29, 0.717) is 42.0 Å². The van der Waals surface area contributed by atoms with Gasteiger partial charge in [-0.1, -0.05) is 0 Å². The molecule has 10 nitrogen and oxygen atoms in total. The molecule has 2 amide bonds. The van der Waals surface area contributed by atoms with Crippen LogP contribution in [0.1, 0.15) is 64.9 Å². The van der Waals surface area contributed by atoms with E-state index in [1.54, 1.807) is 37.4 Å². The van der Waals surface area contributed by atoms with Crippen LogP contribution in [0.25, 0.3) is 11.0 Å². The van der Waals surface area contributed by atoms with Crippen LogP contribution in [0.15, 0.2) is 28.2 Å². The molecule has 0 bridgehead atoms. The van der Waals surface area contributed by atoms with Gasteiger partial charge in [-0.05, 0) is 55.2 Å². The number of thiazole rings is 1. The number of hydrogen-bond donors (Lipinski definition) is 1. The first kappa shape index (κ1) is 22.8. The van der Waals surface area contributed by atoms with E-state index in [0.717, 1.165) is 17.8 Å². The molecule has 4 rings (SSSR count). The molecule has 33 heavy (non-hydrogen) atoms. The molecule has 11 heteroatoms. The smallest absolute Gasteiger partial charge is 0.307 e. The molecule has 3 heterocycles. The highest BCUT2D eigenvalue weighted by Crippen LogP contribution is 2.31. The highest BCUT2D eigenvalue weighted by Gasteiger charge is 2.27. The summed E-state index contributed by atoms with van der Waals surface area (Å²) in [7, 11) is 0. The van der Waals surface area contributed by atoms with Gasteiger partial charge in [0.15, 0.2) is 0 Å². The predicted molar refractivity (Wildman–Crippen MR) is 120 cm³/mol. The van der Waals surface area contributed by atoms with Crippen molar-refractivity contribution in [3.05, 3.63) is 39.8 Å². The molecule has 1 aromatic carbocycles. The molecule has 1 atom stereocenters. The summed E-state index contributed by atoms with van der Waals surface area (Å²) >= 11 is 1.45. The number of carbonyl (C=O) groups is 3. The van der Waals surface area contributed by atoms with Crippen LogP contribution >= 0.6 is 11.3 Å². The summed E-state index contributed by atoms with van der Waals surface area (Å²) < 4.78 is 9.61. The van der Waals surface area contributed by atoms with Crippen LogP contribution in [0.5, 0.6) is 0 Å². The van der Waals surface area contributed by atoms with Crippen molar-refractivity contribution in [2.75, 3.05) is 19.7 Å². The van der Waals surface area contributed by atoms with Gasteiger partial charge in [-0.3, -0.25) is 14.4 Å². The van der Waals surface area contributed by atoms with Crippen molar-refractivity contribution in [2.24, 2.45) is 0 Å². The second-order valence-corrected chi connectivity index (χ2v) is 8.88. The van der Waals surface area contributed by atoms with E-state index >= 15 is 0 Å². The Balaban J connectivity index is 1.30. The fourth-order valence-corrected chi connectivity index (χ4v) is 4.80. The number of carbonyl (C=O) groups excluding carboxylic acids is 3. The van der Waals surface area contributed by atoms with Gasteiger partial charge in [0.05, 0.1) is 18.0 Å². The third-order valence-electron chi connectivity index (χ3n) is 5.54. The maximum absolute atomic E-state index is 12.9. The van der Waals surface area contributed by atoms with Crippen molar-refractivity contribution in [1.29, 1.82) is 0 Å². The van der Waals surface area contributed by atoms with Gasteiger partial charge >= 0.3 is 5.97 Å². The molecular weight excluding hydrogens is 446 g/mol. The zero-order valence-corrected chi connectivity index (χ0v) is 19.3. The quantitative estimate of drug-likeness (QED) is 0.521. The van der Waals surface area contributed by atoms with Crippen LogP contribution in [0.4, 0.5) is 0 Å². The second kappa shape index (κ2) is 10.1. The van der Waals surface area contributed by atoms with Crippen LogP contribution in [0.2, 0.25) is 0 Å². The van der Waals surface area contributed by atoms with Gasteiger partial charge in [-0.2, -0.15) is 0 Å². The van der Waals surface area contributed by atoms with Gasteiger partial charge in [-0.25, -0.2) is 9.61 Å². The normalized spacial score (nSPS) is 15.4. The van der Waals surface area contributed by atoms with E-state index in [1.807, 2.05) is 4.90 Å². The molecular formula is C22H25N5O5S. The minimum Gasteiger partial charge on any atom is -0.466 e. The molecule has 2 aromatic heterocycles. The fraction of sp³-hybridized carbons (Fsp3) is 0.455. The molecule has 3 aromatic rings. The van der Waals surface area contributed by atoms with Crippen molar-refractivity contribution >= 4 is 40.2 Å². The van der Waals surface area contributed by atoms with E-state index in [4.69, 9.17) is 9.37 Å². The molecule has 0 radical (unpaired) electrons. The summed E-state index contributed by atoms with van der Waals surface area (Å²) in [6, 6.07) is 4.80. The molecule has 174 valence electrons.